The van der Waals surface area contributed by atoms with Crippen molar-refractivity contribution in [2.24, 2.45) is 0 Å². The minimum Gasteiger partial charge on any atom is -0.313 e. The van der Waals surface area contributed by atoms with Crippen molar-refractivity contribution in [1.29, 1.82) is 0 Å². The van der Waals surface area contributed by atoms with Gasteiger partial charge < -0.3 is 5.32 Å². The Morgan fingerprint density at radius 1 is 1.39 bits per heavy atom. The van der Waals surface area contributed by atoms with Crippen LogP contribution < -0.4 is 5.32 Å². The highest BCUT2D eigenvalue weighted by Crippen LogP contribution is 2.30. The normalized spacial score (nSPS) is 12.7. The monoisotopic (exact) mass is 455 g/mol. The van der Waals surface area contributed by atoms with Gasteiger partial charge in [0.2, 0.25) is 0 Å². The van der Waals surface area contributed by atoms with E-state index in [1.165, 1.54) is 17.8 Å². The Bertz CT molecular complexity index is 544. The van der Waals surface area contributed by atoms with Crippen molar-refractivity contribution in [3.8, 4) is 0 Å². The van der Waals surface area contributed by atoms with Crippen molar-refractivity contribution in [3.63, 3.8) is 0 Å². The first-order valence-electron chi connectivity index (χ1n) is 5.46. The Balaban J connectivity index is 2.25. The van der Waals surface area contributed by atoms with Crippen molar-refractivity contribution in [2.45, 2.75) is 12.5 Å². The SMILES string of the molecule is CNC(Cc1ccc(Br)s1)c1cc(Cl)ccc1I. The number of thiophene rings is 1. The maximum atomic E-state index is 6.09. The molecule has 2 aromatic rings. The molecule has 1 nitrogen and oxygen atoms in total. The lowest BCUT2D eigenvalue weighted by Gasteiger charge is -2.17. The average molecular weight is 457 g/mol. The molecular weight excluding hydrogens is 444 g/mol. The lowest BCUT2D eigenvalue weighted by Crippen LogP contribution is -2.19. The summed E-state index contributed by atoms with van der Waals surface area (Å²) in [6, 6.07) is 10.6. The van der Waals surface area contributed by atoms with E-state index in [2.05, 4.69) is 62.0 Å². The second-order valence-corrected chi connectivity index (χ2v) is 8.06. The van der Waals surface area contributed by atoms with Crippen LogP contribution in [-0.2, 0) is 6.42 Å². The van der Waals surface area contributed by atoms with Crippen molar-refractivity contribution in [3.05, 3.63) is 53.2 Å². The van der Waals surface area contributed by atoms with Crippen LogP contribution in [0.15, 0.2) is 34.1 Å². The maximum Gasteiger partial charge on any atom is 0.0701 e. The summed E-state index contributed by atoms with van der Waals surface area (Å²) < 4.78 is 2.42. The molecule has 0 spiro atoms. The van der Waals surface area contributed by atoms with E-state index in [0.717, 1.165) is 11.4 Å². The fraction of sp³-hybridized carbons (Fsp3) is 0.231. The predicted molar refractivity (Wildman–Crippen MR) is 91.7 cm³/mol. The first kappa shape index (κ1) is 14.8. The van der Waals surface area contributed by atoms with E-state index in [4.69, 9.17) is 11.6 Å². The summed E-state index contributed by atoms with van der Waals surface area (Å²) in [4.78, 5) is 1.36. The Morgan fingerprint density at radius 2 is 2.17 bits per heavy atom. The highest BCUT2D eigenvalue weighted by molar-refractivity contribution is 14.1. The summed E-state index contributed by atoms with van der Waals surface area (Å²) in [7, 11) is 1.99. The summed E-state index contributed by atoms with van der Waals surface area (Å²) in [6.45, 7) is 0. The second-order valence-electron chi connectivity index (χ2n) is 3.92. The molecule has 18 heavy (non-hydrogen) atoms. The standard InChI is InChI=1S/C13H12BrClINS/c1-17-12(7-9-3-5-13(14)18-9)10-6-8(15)2-4-11(10)16/h2-6,12,17H,7H2,1H3. The molecule has 0 saturated heterocycles. The molecule has 1 heterocycles. The molecule has 96 valence electrons. The first-order valence-corrected chi connectivity index (χ1v) is 8.53. The van der Waals surface area contributed by atoms with E-state index < -0.39 is 0 Å². The molecule has 0 fully saturated rings. The molecule has 0 radical (unpaired) electrons. The van der Waals surface area contributed by atoms with Crippen LogP contribution in [-0.4, -0.2) is 7.05 Å². The first-order chi connectivity index (χ1) is 8.60. The molecule has 0 saturated carbocycles. The van der Waals surface area contributed by atoms with Crippen LogP contribution in [0.25, 0.3) is 0 Å². The number of hydrogen-bond donors (Lipinski definition) is 1. The fourth-order valence-corrected chi connectivity index (χ4v) is 4.23. The Labute approximate surface area is 138 Å². The van der Waals surface area contributed by atoms with Gasteiger partial charge in [-0.15, -0.1) is 11.3 Å². The summed E-state index contributed by atoms with van der Waals surface area (Å²) in [5.74, 6) is 0. The van der Waals surface area contributed by atoms with Gasteiger partial charge in [0.15, 0.2) is 0 Å². The maximum absolute atomic E-state index is 6.09. The molecule has 0 aliphatic carbocycles. The quantitative estimate of drug-likeness (QED) is 0.618. The topological polar surface area (TPSA) is 12.0 Å². The van der Waals surface area contributed by atoms with E-state index in [1.54, 1.807) is 11.3 Å². The molecule has 1 aromatic heterocycles. The number of rotatable bonds is 4. The smallest absolute Gasteiger partial charge is 0.0701 e. The van der Waals surface area contributed by atoms with Crippen molar-refractivity contribution in [1.82, 2.24) is 5.32 Å². The van der Waals surface area contributed by atoms with Crippen LogP contribution in [0.1, 0.15) is 16.5 Å². The van der Waals surface area contributed by atoms with Gasteiger partial charge in [0.05, 0.1) is 3.79 Å². The number of benzene rings is 1. The summed E-state index contributed by atoms with van der Waals surface area (Å²) in [5, 5.41) is 4.16. The summed E-state index contributed by atoms with van der Waals surface area (Å²) in [6.07, 6.45) is 0.975. The van der Waals surface area contributed by atoms with Crippen LogP contribution in [0, 0.1) is 3.57 Å². The zero-order valence-corrected chi connectivity index (χ0v) is 15.0. The number of halogens is 3. The van der Waals surface area contributed by atoms with E-state index in [9.17, 15) is 0 Å². The zero-order chi connectivity index (χ0) is 13.1. The number of hydrogen-bond acceptors (Lipinski definition) is 2. The molecule has 1 N–H and O–H groups in total. The van der Waals surface area contributed by atoms with E-state index in [1.807, 2.05) is 19.2 Å². The number of nitrogens with one attached hydrogen (secondary N) is 1. The van der Waals surface area contributed by atoms with Crippen LogP contribution in [0.2, 0.25) is 5.02 Å². The van der Waals surface area contributed by atoms with Crippen LogP contribution >= 0.6 is 61.5 Å². The van der Waals surface area contributed by atoms with Crippen LogP contribution in [0.5, 0.6) is 0 Å². The highest BCUT2D eigenvalue weighted by atomic mass is 127. The summed E-state index contributed by atoms with van der Waals surface area (Å²) >= 11 is 13.7. The molecule has 0 aliphatic rings. The van der Waals surface area contributed by atoms with Gasteiger partial charge in [-0.2, -0.15) is 0 Å². The van der Waals surface area contributed by atoms with Gasteiger partial charge in [-0.1, -0.05) is 11.6 Å². The molecule has 2 rings (SSSR count). The molecule has 5 heteroatoms. The Kier molecular flexibility index (Phi) is 5.50. The molecule has 1 unspecified atom stereocenters. The zero-order valence-electron chi connectivity index (χ0n) is 9.71. The minimum absolute atomic E-state index is 0.293. The molecular formula is C13H12BrClINS. The van der Waals surface area contributed by atoms with E-state index in [0.29, 0.717) is 6.04 Å². The second kappa shape index (κ2) is 6.70. The van der Waals surface area contributed by atoms with Gasteiger partial charge >= 0.3 is 0 Å². The average Bonchev–Trinajstić information content (AvgIpc) is 2.75. The summed E-state index contributed by atoms with van der Waals surface area (Å²) in [5.41, 5.74) is 1.26. The highest BCUT2D eigenvalue weighted by Gasteiger charge is 2.14. The Hall–Kier alpha value is 0.380. The molecule has 1 aromatic carbocycles. The largest absolute Gasteiger partial charge is 0.313 e. The van der Waals surface area contributed by atoms with Gasteiger partial charge in [0.1, 0.15) is 0 Å². The third kappa shape index (κ3) is 3.70. The fourth-order valence-electron chi connectivity index (χ4n) is 1.81. The van der Waals surface area contributed by atoms with E-state index in [-0.39, 0.29) is 0 Å². The Morgan fingerprint density at radius 3 is 2.78 bits per heavy atom. The van der Waals surface area contributed by atoms with Gasteiger partial charge in [-0.3, -0.25) is 0 Å². The van der Waals surface area contributed by atoms with Crippen molar-refractivity contribution in [2.75, 3.05) is 7.05 Å². The third-order valence-electron chi connectivity index (χ3n) is 2.72. The van der Waals surface area contributed by atoms with Gasteiger partial charge in [-0.25, -0.2) is 0 Å². The lowest BCUT2D eigenvalue weighted by atomic mass is 10.0. The minimum atomic E-state index is 0.293. The third-order valence-corrected chi connectivity index (χ3v) is 5.58. The van der Waals surface area contributed by atoms with Gasteiger partial charge in [0, 0.05) is 25.9 Å². The molecule has 0 bridgehead atoms. The van der Waals surface area contributed by atoms with Crippen LogP contribution in [0.4, 0.5) is 0 Å². The lowest BCUT2D eigenvalue weighted by molar-refractivity contribution is 0.594. The van der Waals surface area contributed by atoms with Crippen molar-refractivity contribution < 1.29 is 0 Å². The molecule has 1 atom stereocenters. The molecule has 0 amide bonds. The van der Waals surface area contributed by atoms with Crippen LogP contribution in [0.3, 0.4) is 0 Å². The van der Waals surface area contributed by atoms with Gasteiger partial charge in [-0.05, 0) is 81.5 Å². The van der Waals surface area contributed by atoms with Gasteiger partial charge in [0.25, 0.3) is 0 Å². The predicted octanol–water partition coefficient (Wildman–Crippen LogP) is 5.27. The number of likely N-dealkylation sites (N-methyl/N-ethyl adjacent to an activating group) is 1. The van der Waals surface area contributed by atoms with Crippen molar-refractivity contribution >= 4 is 61.5 Å². The van der Waals surface area contributed by atoms with E-state index >= 15 is 0 Å². The molecule has 0 aliphatic heterocycles.